The summed E-state index contributed by atoms with van der Waals surface area (Å²) in [7, 11) is 0. The number of phenols is 1. The van der Waals surface area contributed by atoms with E-state index in [0.717, 1.165) is 5.56 Å². The number of carbonyl (C=O) groups excluding carboxylic acids is 1. The van der Waals surface area contributed by atoms with Crippen LogP contribution in [-0.2, 0) is 6.42 Å². The van der Waals surface area contributed by atoms with Crippen molar-refractivity contribution in [2.24, 2.45) is 0 Å². The number of phenolic OH excluding ortho intramolecular Hbond substituents is 1. The van der Waals surface area contributed by atoms with E-state index >= 15 is 0 Å². The second-order valence-electron chi connectivity index (χ2n) is 5.71. The first-order valence-electron chi connectivity index (χ1n) is 8.17. The lowest BCUT2D eigenvalue weighted by Gasteiger charge is -2.11. The van der Waals surface area contributed by atoms with Gasteiger partial charge in [0.2, 0.25) is 5.88 Å². The van der Waals surface area contributed by atoms with Gasteiger partial charge in [0.25, 0.3) is 5.91 Å². The largest absolute Gasteiger partial charge is 0.508 e. The first kappa shape index (κ1) is 18.8. The Morgan fingerprint density at radius 3 is 2.81 bits per heavy atom. The normalized spacial score (nSPS) is 10.4. The highest BCUT2D eigenvalue weighted by molar-refractivity contribution is 9.10. The van der Waals surface area contributed by atoms with Gasteiger partial charge in [0, 0.05) is 12.7 Å². The van der Waals surface area contributed by atoms with Crippen LogP contribution in [0.5, 0.6) is 17.4 Å². The maximum atomic E-state index is 13.2. The average Bonchev–Trinajstić information content (AvgIpc) is 2.64. The number of hydrogen-bond donors (Lipinski definition) is 2. The molecule has 5 nitrogen and oxygen atoms in total. The Hall–Kier alpha value is -2.93. The molecule has 0 bridgehead atoms. The van der Waals surface area contributed by atoms with Crippen molar-refractivity contribution in [1.82, 2.24) is 10.3 Å². The Balaban J connectivity index is 1.68. The number of hydrogen-bond acceptors (Lipinski definition) is 4. The van der Waals surface area contributed by atoms with Gasteiger partial charge in [0.15, 0.2) is 0 Å². The number of pyridine rings is 1. The third-order valence-corrected chi connectivity index (χ3v) is 4.35. The number of carbonyl (C=O) groups is 1. The molecule has 2 aromatic carbocycles. The second-order valence-corrected chi connectivity index (χ2v) is 6.56. The van der Waals surface area contributed by atoms with E-state index in [0.29, 0.717) is 23.2 Å². The molecule has 27 heavy (non-hydrogen) atoms. The van der Waals surface area contributed by atoms with Crippen molar-refractivity contribution in [1.29, 1.82) is 0 Å². The number of aromatic nitrogens is 1. The van der Waals surface area contributed by atoms with Gasteiger partial charge in [-0.2, -0.15) is 0 Å². The van der Waals surface area contributed by atoms with E-state index in [1.54, 1.807) is 30.3 Å². The summed E-state index contributed by atoms with van der Waals surface area (Å²) < 4.78 is 19.3. The first-order valence-corrected chi connectivity index (χ1v) is 8.96. The van der Waals surface area contributed by atoms with Gasteiger partial charge in [-0.15, -0.1) is 0 Å². The minimum atomic E-state index is -0.403. The maximum Gasteiger partial charge on any atom is 0.256 e. The first-order chi connectivity index (χ1) is 13.0. The molecule has 2 N–H and O–H groups in total. The Labute approximate surface area is 164 Å². The molecule has 0 aliphatic carbocycles. The molecule has 0 spiro atoms. The zero-order valence-corrected chi connectivity index (χ0v) is 15.7. The summed E-state index contributed by atoms with van der Waals surface area (Å²) in [6, 6.07) is 14.1. The number of ether oxygens (including phenoxy) is 1. The van der Waals surface area contributed by atoms with Crippen LogP contribution in [0.3, 0.4) is 0 Å². The van der Waals surface area contributed by atoms with Crippen molar-refractivity contribution in [3.8, 4) is 17.4 Å². The summed E-state index contributed by atoms with van der Waals surface area (Å²) in [6.07, 6.45) is 2.08. The average molecular weight is 431 g/mol. The van der Waals surface area contributed by atoms with E-state index in [9.17, 15) is 14.3 Å². The van der Waals surface area contributed by atoms with Crippen LogP contribution >= 0.6 is 15.9 Å². The highest BCUT2D eigenvalue weighted by atomic mass is 79.9. The van der Waals surface area contributed by atoms with E-state index in [2.05, 4.69) is 26.2 Å². The lowest BCUT2D eigenvalue weighted by molar-refractivity contribution is 0.0951. The van der Waals surface area contributed by atoms with Gasteiger partial charge in [-0.05, 0) is 70.4 Å². The van der Waals surface area contributed by atoms with Crippen LogP contribution in [0.1, 0.15) is 15.9 Å². The van der Waals surface area contributed by atoms with Crippen LogP contribution in [-0.4, -0.2) is 22.5 Å². The van der Waals surface area contributed by atoms with Crippen molar-refractivity contribution < 1.29 is 19.0 Å². The number of nitrogens with zero attached hydrogens (tertiary/aromatic N) is 1. The second kappa shape index (κ2) is 8.64. The van der Waals surface area contributed by atoms with Gasteiger partial charge >= 0.3 is 0 Å². The molecule has 0 radical (unpaired) electrons. The smallest absolute Gasteiger partial charge is 0.256 e. The minimum Gasteiger partial charge on any atom is -0.508 e. The van der Waals surface area contributed by atoms with Crippen LogP contribution in [0.2, 0.25) is 0 Å². The van der Waals surface area contributed by atoms with Gasteiger partial charge in [-0.3, -0.25) is 4.79 Å². The summed E-state index contributed by atoms with van der Waals surface area (Å²) in [5.74, 6) is -0.0770. The van der Waals surface area contributed by atoms with Crippen molar-refractivity contribution in [3.63, 3.8) is 0 Å². The lowest BCUT2D eigenvalue weighted by atomic mass is 10.1. The van der Waals surface area contributed by atoms with E-state index < -0.39 is 5.82 Å². The molecule has 1 amide bonds. The molecule has 138 valence electrons. The van der Waals surface area contributed by atoms with Gasteiger partial charge in [-0.1, -0.05) is 12.1 Å². The third kappa shape index (κ3) is 5.04. The molecule has 3 rings (SSSR count). The quantitative estimate of drug-likeness (QED) is 0.605. The van der Waals surface area contributed by atoms with Crippen LogP contribution in [0.15, 0.2) is 65.3 Å². The highest BCUT2D eigenvalue weighted by Crippen LogP contribution is 2.30. The monoisotopic (exact) mass is 430 g/mol. The zero-order chi connectivity index (χ0) is 19.2. The molecule has 3 aromatic rings. The van der Waals surface area contributed by atoms with Gasteiger partial charge in [0.05, 0.1) is 4.47 Å². The summed E-state index contributed by atoms with van der Waals surface area (Å²) in [4.78, 5) is 16.6. The van der Waals surface area contributed by atoms with Gasteiger partial charge in [0.1, 0.15) is 22.9 Å². The Morgan fingerprint density at radius 2 is 2.04 bits per heavy atom. The van der Waals surface area contributed by atoms with Gasteiger partial charge in [-0.25, -0.2) is 9.37 Å². The number of aromatic hydroxyl groups is 1. The molecule has 1 aromatic heterocycles. The number of halogens is 2. The minimum absolute atomic E-state index is 0.125. The molecular weight excluding hydrogens is 415 g/mol. The Bertz CT molecular complexity index is 965. The molecule has 0 saturated carbocycles. The van der Waals surface area contributed by atoms with Crippen molar-refractivity contribution in [2.75, 3.05) is 6.54 Å². The molecule has 0 atom stereocenters. The molecule has 7 heteroatoms. The SMILES string of the molecule is O=C(NCCc1cccc(O)c1)c1cccnc1Oc1ccc(F)cc1Br. The van der Waals surface area contributed by atoms with Crippen LogP contribution in [0.4, 0.5) is 4.39 Å². The molecular formula is C20H16BrFN2O3. The standard InChI is InChI=1S/C20H16BrFN2O3/c21-17-12-14(22)6-7-18(17)27-20-16(5-2-9-24-20)19(26)23-10-8-13-3-1-4-15(25)11-13/h1-7,9,11-12,25H,8,10H2,(H,23,26). The summed E-state index contributed by atoms with van der Waals surface area (Å²) in [5, 5.41) is 12.3. The predicted octanol–water partition coefficient (Wildman–Crippen LogP) is 4.45. The van der Waals surface area contributed by atoms with E-state index in [-0.39, 0.29) is 23.1 Å². The third-order valence-electron chi connectivity index (χ3n) is 3.73. The number of amides is 1. The topological polar surface area (TPSA) is 71.5 Å². The summed E-state index contributed by atoms with van der Waals surface area (Å²) >= 11 is 3.23. The lowest BCUT2D eigenvalue weighted by Crippen LogP contribution is -2.26. The van der Waals surface area contributed by atoms with Crippen molar-refractivity contribution >= 4 is 21.8 Å². The predicted molar refractivity (Wildman–Crippen MR) is 103 cm³/mol. The Kier molecular flexibility index (Phi) is 6.03. The van der Waals surface area contributed by atoms with Crippen LogP contribution in [0.25, 0.3) is 0 Å². The van der Waals surface area contributed by atoms with E-state index in [4.69, 9.17) is 4.74 Å². The maximum absolute atomic E-state index is 13.2. The highest BCUT2D eigenvalue weighted by Gasteiger charge is 2.15. The van der Waals surface area contributed by atoms with E-state index in [1.165, 1.54) is 24.4 Å². The fourth-order valence-electron chi connectivity index (χ4n) is 2.43. The summed E-state index contributed by atoms with van der Waals surface area (Å²) in [5.41, 5.74) is 1.18. The van der Waals surface area contributed by atoms with Crippen LogP contribution in [0, 0.1) is 5.82 Å². The molecule has 1 heterocycles. The van der Waals surface area contributed by atoms with Crippen molar-refractivity contribution in [3.05, 3.63) is 82.2 Å². The fourth-order valence-corrected chi connectivity index (χ4v) is 2.87. The molecule has 0 aliphatic heterocycles. The van der Waals surface area contributed by atoms with Gasteiger partial charge < -0.3 is 15.2 Å². The molecule has 0 aliphatic rings. The van der Waals surface area contributed by atoms with Crippen LogP contribution < -0.4 is 10.1 Å². The zero-order valence-electron chi connectivity index (χ0n) is 14.2. The molecule has 0 saturated heterocycles. The number of benzene rings is 2. The number of rotatable bonds is 6. The summed E-state index contributed by atoms with van der Waals surface area (Å²) in [6.45, 7) is 0.386. The molecule has 0 unspecified atom stereocenters. The fraction of sp³-hybridized carbons (Fsp3) is 0.100. The van der Waals surface area contributed by atoms with Crippen molar-refractivity contribution in [2.45, 2.75) is 6.42 Å². The van der Waals surface area contributed by atoms with E-state index in [1.807, 2.05) is 6.07 Å². The molecule has 0 fully saturated rings. The number of nitrogens with one attached hydrogen (secondary N) is 1. The Morgan fingerprint density at radius 1 is 1.19 bits per heavy atom.